The van der Waals surface area contributed by atoms with Crippen LogP contribution in [0.2, 0.25) is 0 Å². The molecule has 0 saturated carbocycles. The van der Waals surface area contributed by atoms with Crippen LogP contribution in [0.3, 0.4) is 0 Å². The molecule has 5 nitrogen and oxygen atoms in total. The minimum atomic E-state index is -0.239. The van der Waals surface area contributed by atoms with Gasteiger partial charge in [-0.1, -0.05) is 12.1 Å². The summed E-state index contributed by atoms with van der Waals surface area (Å²) in [4.78, 5) is 14.7. The van der Waals surface area contributed by atoms with Crippen molar-refractivity contribution < 1.29 is 13.9 Å². The summed E-state index contributed by atoms with van der Waals surface area (Å²) < 4.78 is 18.7. The van der Waals surface area contributed by atoms with Crippen LogP contribution in [0.5, 0.6) is 0 Å². The Labute approximate surface area is 142 Å². The fourth-order valence-corrected chi connectivity index (χ4v) is 3.45. The van der Waals surface area contributed by atoms with Crippen LogP contribution in [0.4, 0.5) is 4.39 Å². The van der Waals surface area contributed by atoms with Crippen molar-refractivity contribution in [3.05, 3.63) is 35.6 Å². The normalized spacial score (nSPS) is 23.6. The fraction of sp³-hybridized carbons (Fsp3) is 0.611. The second-order valence-electron chi connectivity index (χ2n) is 6.50. The van der Waals surface area contributed by atoms with E-state index >= 15 is 0 Å². The van der Waals surface area contributed by atoms with E-state index in [1.165, 1.54) is 12.1 Å². The molecule has 1 aromatic carbocycles. The molecule has 132 valence electrons. The maximum atomic E-state index is 13.2. The summed E-state index contributed by atoms with van der Waals surface area (Å²) >= 11 is 0. The summed E-state index contributed by atoms with van der Waals surface area (Å²) in [6.45, 7) is 5.32. The highest BCUT2D eigenvalue weighted by atomic mass is 19.1. The van der Waals surface area contributed by atoms with Crippen molar-refractivity contribution in [2.45, 2.75) is 18.9 Å². The molecule has 2 N–H and O–H groups in total. The van der Waals surface area contributed by atoms with Gasteiger partial charge in [0, 0.05) is 26.2 Å². The molecule has 2 fully saturated rings. The first-order valence-corrected chi connectivity index (χ1v) is 8.80. The van der Waals surface area contributed by atoms with Gasteiger partial charge >= 0.3 is 0 Å². The minimum Gasteiger partial charge on any atom is -0.379 e. The van der Waals surface area contributed by atoms with E-state index in [0.29, 0.717) is 19.8 Å². The maximum absolute atomic E-state index is 13.2. The Kier molecular flexibility index (Phi) is 6.18. The van der Waals surface area contributed by atoms with Crippen LogP contribution in [0.15, 0.2) is 24.3 Å². The molecule has 2 unspecified atom stereocenters. The molecule has 6 heteroatoms. The summed E-state index contributed by atoms with van der Waals surface area (Å²) in [5.74, 6) is -0.0725. The van der Waals surface area contributed by atoms with Gasteiger partial charge < -0.3 is 15.4 Å². The Morgan fingerprint density at radius 1 is 1.33 bits per heavy atom. The third-order valence-corrected chi connectivity index (χ3v) is 4.88. The Bertz CT molecular complexity index is 526. The summed E-state index contributed by atoms with van der Waals surface area (Å²) in [7, 11) is 0. The number of hydrogen-bond donors (Lipinski definition) is 2. The lowest BCUT2D eigenvalue weighted by atomic mass is 9.98. The van der Waals surface area contributed by atoms with Crippen LogP contribution in [0, 0.1) is 11.7 Å². The molecule has 2 aliphatic rings. The predicted molar refractivity (Wildman–Crippen MR) is 90.1 cm³/mol. The number of hydrogen-bond acceptors (Lipinski definition) is 4. The number of halogens is 1. The van der Waals surface area contributed by atoms with Crippen molar-refractivity contribution >= 4 is 5.91 Å². The minimum absolute atomic E-state index is 0.0509. The molecule has 2 saturated heterocycles. The number of carbonyl (C=O) groups is 1. The number of piperidine rings is 1. The van der Waals surface area contributed by atoms with Gasteiger partial charge in [0.2, 0.25) is 5.91 Å². The number of nitrogens with zero attached hydrogens (tertiary/aromatic N) is 1. The first-order chi connectivity index (χ1) is 11.7. The van der Waals surface area contributed by atoms with Gasteiger partial charge in [-0.05, 0) is 37.1 Å². The Hall–Kier alpha value is -1.50. The lowest BCUT2D eigenvalue weighted by molar-refractivity contribution is -0.125. The topological polar surface area (TPSA) is 53.6 Å². The molecule has 0 aromatic heterocycles. The quantitative estimate of drug-likeness (QED) is 0.852. The van der Waals surface area contributed by atoms with Gasteiger partial charge in [0.1, 0.15) is 5.82 Å². The standard InChI is InChI=1S/C18H26FN3O2/c19-16-5-3-14(4-6-16)17(22-8-10-24-11-9-22)13-21-18(23)15-2-1-7-20-12-15/h3-6,15,17,20H,1-2,7-13H2,(H,21,23). The van der Waals surface area contributed by atoms with Crippen LogP contribution in [-0.2, 0) is 9.53 Å². The Morgan fingerprint density at radius 3 is 2.75 bits per heavy atom. The van der Waals surface area contributed by atoms with Crippen molar-refractivity contribution in [3.63, 3.8) is 0 Å². The number of carbonyl (C=O) groups excluding carboxylic acids is 1. The van der Waals surface area contributed by atoms with E-state index < -0.39 is 0 Å². The average Bonchev–Trinajstić information content (AvgIpc) is 2.65. The molecule has 0 aliphatic carbocycles. The lowest BCUT2D eigenvalue weighted by Crippen LogP contribution is -2.46. The van der Waals surface area contributed by atoms with Gasteiger partial charge in [-0.3, -0.25) is 9.69 Å². The molecular weight excluding hydrogens is 309 g/mol. The SMILES string of the molecule is O=C(NCC(c1ccc(F)cc1)N1CCOCC1)C1CCCNC1. The predicted octanol–water partition coefficient (Wildman–Crippen LogP) is 1.31. The van der Waals surface area contributed by atoms with E-state index in [9.17, 15) is 9.18 Å². The summed E-state index contributed by atoms with van der Waals surface area (Å²) in [5.41, 5.74) is 1.03. The van der Waals surface area contributed by atoms with E-state index in [0.717, 1.165) is 44.6 Å². The number of nitrogens with one attached hydrogen (secondary N) is 2. The van der Waals surface area contributed by atoms with Gasteiger partial charge in [-0.25, -0.2) is 4.39 Å². The van der Waals surface area contributed by atoms with Crippen LogP contribution in [-0.4, -0.2) is 56.7 Å². The van der Waals surface area contributed by atoms with Crippen LogP contribution >= 0.6 is 0 Å². The van der Waals surface area contributed by atoms with E-state index in [2.05, 4.69) is 15.5 Å². The van der Waals surface area contributed by atoms with Crippen molar-refractivity contribution in [2.75, 3.05) is 45.9 Å². The van der Waals surface area contributed by atoms with Gasteiger partial charge in [-0.15, -0.1) is 0 Å². The zero-order valence-corrected chi connectivity index (χ0v) is 14.0. The van der Waals surface area contributed by atoms with Crippen LogP contribution in [0.25, 0.3) is 0 Å². The third-order valence-electron chi connectivity index (χ3n) is 4.88. The second kappa shape index (κ2) is 8.55. The summed E-state index contributed by atoms with van der Waals surface area (Å²) in [6.07, 6.45) is 1.99. The zero-order valence-electron chi connectivity index (χ0n) is 14.0. The molecule has 2 aliphatic heterocycles. The number of rotatable bonds is 5. The van der Waals surface area contributed by atoms with Crippen molar-refractivity contribution in [1.29, 1.82) is 0 Å². The maximum Gasteiger partial charge on any atom is 0.224 e. The molecule has 24 heavy (non-hydrogen) atoms. The monoisotopic (exact) mass is 335 g/mol. The number of morpholine rings is 1. The highest BCUT2D eigenvalue weighted by molar-refractivity contribution is 5.79. The van der Waals surface area contributed by atoms with Gasteiger partial charge in [0.05, 0.1) is 25.2 Å². The van der Waals surface area contributed by atoms with Gasteiger partial charge in [0.25, 0.3) is 0 Å². The summed E-state index contributed by atoms with van der Waals surface area (Å²) in [6, 6.07) is 6.63. The molecular formula is C18H26FN3O2. The Balaban J connectivity index is 1.64. The van der Waals surface area contributed by atoms with Gasteiger partial charge in [0.15, 0.2) is 0 Å². The molecule has 1 aromatic rings. The van der Waals surface area contributed by atoms with Crippen molar-refractivity contribution in [3.8, 4) is 0 Å². The number of benzene rings is 1. The first kappa shape index (κ1) is 17.3. The zero-order chi connectivity index (χ0) is 16.8. The third kappa shape index (κ3) is 4.53. The number of ether oxygens (including phenoxy) is 1. The van der Waals surface area contributed by atoms with Crippen molar-refractivity contribution in [2.24, 2.45) is 5.92 Å². The summed E-state index contributed by atoms with van der Waals surface area (Å²) in [5, 5.41) is 6.38. The average molecular weight is 335 g/mol. The highest BCUT2D eigenvalue weighted by Crippen LogP contribution is 2.22. The fourth-order valence-electron chi connectivity index (χ4n) is 3.45. The van der Waals surface area contributed by atoms with E-state index in [-0.39, 0.29) is 23.7 Å². The molecule has 0 bridgehead atoms. The van der Waals surface area contributed by atoms with Gasteiger partial charge in [-0.2, -0.15) is 0 Å². The molecule has 2 atom stereocenters. The van der Waals surface area contributed by atoms with Crippen molar-refractivity contribution in [1.82, 2.24) is 15.5 Å². The lowest BCUT2D eigenvalue weighted by Gasteiger charge is -2.35. The van der Waals surface area contributed by atoms with Crippen LogP contribution < -0.4 is 10.6 Å². The molecule has 0 spiro atoms. The first-order valence-electron chi connectivity index (χ1n) is 8.80. The van der Waals surface area contributed by atoms with E-state index in [1.807, 2.05) is 12.1 Å². The Morgan fingerprint density at radius 2 is 2.08 bits per heavy atom. The second-order valence-corrected chi connectivity index (χ2v) is 6.50. The number of amides is 1. The van der Waals surface area contributed by atoms with E-state index in [4.69, 9.17) is 4.74 Å². The molecule has 1 amide bonds. The van der Waals surface area contributed by atoms with E-state index in [1.54, 1.807) is 0 Å². The smallest absolute Gasteiger partial charge is 0.224 e. The highest BCUT2D eigenvalue weighted by Gasteiger charge is 2.25. The molecule has 3 rings (SSSR count). The van der Waals surface area contributed by atoms with Crippen LogP contribution in [0.1, 0.15) is 24.4 Å². The largest absolute Gasteiger partial charge is 0.379 e. The molecule has 2 heterocycles. The molecule has 0 radical (unpaired) electrons.